The molecule has 20 heavy (non-hydrogen) atoms. The number of fused-ring (bicyclic) bond motifs is 1. The summed E-state index contributed by atoms with van der Waals surface area (Å²) < 4.78 is 8.23. The summed E-state index contributed by atoms with van der Waals surface area (Å²) in [6.07, 6.45) is 2.66. The van der Waals surface area contributed by atoms with Crippen LogP contribution in [0.2, 0.25) is 5.02 Å². The van der Waals surface area contributed by atoms with Crippen molar-refractivity contribution in [3.8, 4) is 5.75 Å². The molecule has 2 aromatic rings. The minimum absolute atomic E-state index is 0.0000718. The number of halogens is 2. The molecule has 0 atom stereocenters. The highest BCUT2D eigenvalue weighted by Crippen LogP contribution is 2.33. The second kappa shape index (κ2) is 5.26. The molecule has 0 N–H and O–H groups in total. The molecule has 0 unspecified atom stereocenters. The van der Waals surface area contributed by atoms with E-state index in [0.717, 1.165) is 27.8 Å². The molecule has 104 valence electrons. The molecule has 1 aromatic heterocycles. The number of aromatic nitrogens is 1. The number of aryl methyl sites for hydroxylation is 1. The van der Waals surface area contributed by atoms with Gasteiger partial charge in [-0.15, -0.1) is 0 Å². The molecule has 0 saturated carbocycles. The van der Waals surface area contributed by atoms with Crippen LogP contribution in [-0.4, -0.2) is 11.2 Å². The average molecular weight is 355 g/mol. The maximum Gasteiger partial charge on any atom is 0.253 e. The van der Waals surface area contributed by atoms with E-state index >= 15 is 0 Å². The lowest BCUT2D eigenvalue weighted by Crippen LogP contribution is -2.22. The van der Waals surface area contributed by atoms with Crippen LogP contribution in [0.3, 0.4) is 0 Å². The Morgan fingerprint density at radius 3 is 3.00 bits per heavy atom. The third kappa shape index (κ3) is 2.50. The Morgan fingerprint density at radius 2 is 2.20 bits per heavy atom. The van der Waals surface area contributed by atoms with Gasteiger partial charge in [0.05, 0.1) is 13.2 Å². The summed E-state index contributed by atoms with van der Waals surface area (Å²) in [5.41, 5.74) is 2.77. The fourth-order valence-corrected chi connectivity index (χ4v) is 3.36. The first-order valence-electron chi connectivity index (χ1n) is 6.35. The van der Waals surface area contributed by atoms with Gasteiger partial charge in [-0.2, -0.15) is 0 Å². The van der Waals surface area contributed by atoms with E-state index in [2.05, 4.69) is 15.9 Å². The Bertz CT molecular complexity index is 739. The molecule has 1 aromatic carbocycles. The zero-order chi connectivity index (χ0) is 14.3. The highest BCUT2D eigenvalue weighted by molar-refractivity contribution is 9.10. The normalized spacial score (nSPS) is 13.2. The summed E-state index contributed by atoms with van der Waals surface area (Å²) in [7, 11) is 0. The van der Waals surface area contributed by atoms with Gasteiger partial charge in [0.1, 0.15) is 5.75 Å². The van der Waals surface area contributed by atoms with Crippen LogP contribution >= 0.6 is 27.5 Å². The van der Waals surface area contributed by atoms with Gasteiger partial charge in [-0.25, -0.2) is 0 Å². The number of nitrogens with zero attached hydrogens (tertiary/aromatic N) is 1. The number of hydrogen-bond acceptors (Lipinski definition) is 2. The molecule has 0 aliphatic carbocycles. The number of hydrogen-bond donors (Lipinski definition) is 0. The molecule has 0 fully saturated rings. The summed E-state index contributed by atoms with van der Waals surface area (Å²) in [5, 5.41) is 0.684. The predicted octanol–water partition coefficient (Wildman–Crippen LogP) is 3.56. The van der Waals surface area contributed by atoms with Gasteiger partial charge in [0.15, 0.2) is 0 Å². The van der Waals surface area contributed by atoms with Gasteiger partial charge < -0.3 is 9.30 Å². The Balaban J connectivity index is 2.07. The van der Waals surface area contributed by atoms with Crippen LogP contribution in [-0.2, 0) is 13.0 Å². The van der Waals surface area contributed by atoms with Gasteiger partial charge in [0, 0.05) is 33.2 Å². The van der Waals surface area contributed by atoms with E-state index in [-0.39, 0.29) is 5.56 Å². The first kappa shape index (κ1) is 13.7. The molecule has 1 aliphatic rings. The maximum absolute atomic E-state index is 12.2. The fourth-order valence-electron chi connectivity index (χ4n) is 2.50. The summed E-state index contributed by atoms with van der Waals surface area (Å²) in [6, 6.07) is 5.62. The number of ether oxygens (including phenoxy) is 1. The van der Waals surface area contributed by atoms with Crippen LogP contribution in [0.5, 0.6) is 5.75 Å². The zero-order valence-corrected chi connectivity index (χ0v) is 13.3. The van der Waals surface area contributed by atoms with Gasteiger partial charge in [0.2, 0.25) is 0 Å². The summed E-state index contributed by atoms with van der Waals surface area (Å²) in [5.74, 6) is 0.874. The maximum atomic E-state index is 12.2. The summed E-state index contributed by atoms with van der Waals surface area (Å²) in [4.78, 5) is 12.2. The predicted molar refractivity (Wildman–Crippen MR) is 82.9 cm³/mol. The van der Waals surface area contributed by atoms with Crippen molar-refractivity contribution in [3.63, 3.8) is 0 Å². The molecule has 0 saturated heterocycles. The van der Waals surface area contributed by atoms with Crippen molar-refractivity contribution in [3.05, 3.63) is 60.9 Å². The average Bonchev–Trinajstić information content (AvgIpc) is 2.83. The van der Waals surface area contributed by atoms with E-state index in [1.807, 2.05) is 25.1 Å². The number of pyridine rings is 1. The van der Waals surface area contributed by atoms with Crippen molar-refractivity contribution in [2.75, 3.05) is 6.61 Å². The van der Waals surface area contributed by atoms with E-state index in [9.17, 15) is 4.79 Å². The standard InChI is InChI=1S/C15H13BrClNO2/c1-9-4-12(16)8-18(15(9)19)7-11-6-13(17)5-10-2-3-20-14(10)11/h4-6,8H,2-3,7H2,1H3. The highest BCUT2D eigenvalue weighted by atomic mass is 79.9. The second-order valence-corrected chi connectivity index (χ2v) is 6.28. The van der Waals surface area contributed by atoms with Crippen molar-refractivity contribution >= 4 is 27.5 Å². The van der Waals surface area contributed by atoms with Crippen LogP contribution in [0.15, 0.2) is 33.7 Å². The second-order valence-electron chi connectivity index (χ2n) is 4.93. The molecule has 2 heterocycles. The van der Waals surface area contributed by atoms with Crippen LogP contribution in [0.1, 0.15) is 16.7 Å². The topological polar surface area (TPSA) is 31.2 Å². The molecule has 0 radical (unpaired) electrons. The van der Waals surface area contributed by atoms with Crippen LogP contribution < -0.4 is 10.3 Å². The minimum Gasteiger partial charge on any atom is -0.493 e. The molecule has 0 bridgehead atoms. The summed E-state index contributed by atoms with van der Waals surface area (Å²) in [6.45, 7) is 2.94. The van der Waals surface area contributed by atoms with E-state index < -0.39 is 0 Å². The molecular formula is C15H13BrClNO2. The van der Waals surface area contributed by atoms with Crippen LogP contribution in [0.25, 0.3) is 0 Å². The molecule has 3 rings (SSSR count). The molecule has 1 aliphatic heterocycles. The molecule has 5 heteroatoms. The van der Waals surface area contributed by atoms with Crippen molar-refractivity contribution in [2.45, 2.75) is 19.9 Å². The Labute approximate surface area is 130 Å². The summed E-state index contributed by atoms with van der Waals surface area (Å²) >= 11 is 9.57. The smallest absolute Gasteiger partial charge is 0.253 e. The Hall–Kier alpha value is -1.26. The quantitative estimate of drug-likeness (QED) is 0.826. The van der Waals surface area contributed by atoms with Crippen LogP contribution in [0, 0.1) is 6.92 Å². The Kier molecular flexibility index (Phi) is 3.61. The van der Waals surface area contributed by atoms with Gasteiger partial charge in [0.25, 0.3) is 5.56 Å². The lowest BCUT2D eigenvalue weighted by Gasteiger charge is -2.12. The van der Waals surface area contributed by atoms with Gasteiger partial charge in [-0.1, -0.05) is 11.6 Å². The lowest BCUT2D eigenvalue weighted by molar-refractivity contribution is 0.352. The number of benzene rings is 1. The van der Waals surface area contributed by atoms with Crippen molar-refractivity contribution < 1.29 is 4.74 Å². The van der Waals surface area contributed by atoms with E-state index in [4.69, 9.17) is 16.3 Å². The monoisotopic (exact) mass is 353 g/mol. The van der Waals surface area contributed by atoms with E-state index in [1.165, 1.54) is 0 Å². The van der Waals surface area contributed by atoms with Crippen LogP contribution in [0.4, 0.5) is 0 Å². The van der Waals surface area contributed by atoms with Gasteiger partial charge in [-0.05, 0) is 46.6 Å². The fraction of sp³-hybridized carbons (Fsp3) is 0.267. The van der Waals surface area contributed by atoms with Crippen molar-refractivity contribution in [1.82, 2.24) is 4.57 Å². The van der Waals surface area contributed by atoms with Gasteiger partial charge >= 0.3 is 0 Å². The third-order valence-corrected chi connectivity index (χ3v) is 4.05. The van der Waals surface area contributed by atoms with Crippen molar-refractivity contribution in [1.29, 1.82) is 0 Å². The van der Waals surface area contributed by atoms with E-state index in [0.29, 0.717) is 23.7 Å². The van der Waals surface area contributed by atoms with Gasteiger partial charge in [-0.3, -0.25) is 4.79 Å². The molecule has 0 amide bonds. The zero-order valence-electron chi connectivity index (χ0n) is 11.0. The first-order chi connectivity index (χ1) is 9.54. The first-order valence-corrected chi connectivity index (χ1v) is 7.52. The minimum atomic E-state index is -0.0000718. The molecule has 0 spiro atoms. The van der Waals surface area contributed by atoms with Crippen molar-refractivity contribution in [2.24, 2.45) is 0 Å². The third-order valence-electron chi connectivity index (χ3n) is 3.40. The lowest BCUT2D eigenvalue weighted by atomic mass is 10.1. The largest absolute Gasteiger partial charge is 0.493 e. The SMILES string of the molecule is Cc1cc(Br)cn(Cc2cc(Cl)cc3c2OCC3)c1=O. The Morgan fingerprint density at radius 1 is 1.40 bits per heavy atom. The molecule has 3 nitrogen and oxygen atoms in total. The molecular weight excluding hydrogens is 342 g/mol. The highest BCUT2D eigenvalue weighted by Gasteiger charge is 2.18. The number of rotatable bonds is 2. The van der Waals surface area contributed by atoms with E-state index in [1.54, 1.807) is 10.8 Å².